The largest absolute Gasteiger partial charge is 0.497 e. The van der Waals surface area contributed by atoms with Crippen LogP contribution in [0.25, 0.3) is 0 Å². The van der Waals surface area contributed by atoms with Crippen LogP contribution in [0.3, 0.4) is 0 Å². The molecule has 0 aliphatic carbocycles. The minimum atomic E-state index is -1.08. The lowest BCUT2D eigenvalue weighted by Crippen LogP contribution is -2.36. The maximum Gasteiger partial charge on any atom is 0.323 e. The average Bonchev–Trinajstić information content (AvgIpc) is 3.03. The highest BCUT2D eigenvalue weighted by atomic mass is 16.5. The van der Waals surface area contributed by atoms with E-state index in [0.29, 0.717) is 24.6 Å². The molecule has 1 heterocycles. The molecular weight excluding hydrogens is 540 g/mol. The maximum atomic E-state index is 13.9. The Hall–Kier alpha value is -4.72. The molecule has 3 aromatic carbocycles. The Balaban J connectivity index is 1.61. The van der Waals surface area contributed by atoms with Crippen LogP contribution in [0, 0.1) is 0 Å². The molecule has 0 spiro atoms. The predicted molar refractivity (Wildman–Crippen MR) is 169 cm³/mol. The molecule has 4 rings (SSSR count). The molecule has 0 radical (unpaired) electrons. The lowest BCUT2D eigenvalue weighted by Gasteiger charge is -2.23. The van der Waals surface area contributed by atoms with Crippen LogP contribution in [0.5, 0.6) is 5.75 Å². The number of carbonyl (C=O) groups excluding carboxylic acids is 1. The minimum absolute atomic E-state index is 0.167. The van der Waals surface area contributed by atoms with Gasteiger partial charge in [-0.25, -0.2) is 9.97 Å². The molecule has 8 heteroatoms. The van der Waals surface area contributed by atoms with Crippen LogP contribution in [0.4, 0.5) is 5.95 Å². The van der Waals surface area contributed by atoms with E-state index in [2.05, 4.69) is 24.0 Å². The van der Waals surface area contributed by atoms with Crippen LogP contribution in [0.15, 0.2) is 85.1 Å². The zero-order chi connectivity index (χ0) is 30.6. The number of unbranched alkanes of at least 4 members (excludes halogenated alkanes) is 1. The molecule has 4 aromatic rings. The Kier molecular flexibility index (Phi) is 11.2. The summed E-state index contributed by atoms with van der Waals surface area (Å²) in [5.41, 5.74) is 5.07. The minimum Gasteiger partial charge on any atom is -0.497 e. The molecule has 0 saturated heterocycles. The topological polar surface area (TPSA) is 95.9 Å². The zero-order valence-electron chi connectivity index (χ0n) is 25.2. The Morgan fingerprint density at radius 1 is 0.860 bits per heavy atom. The number of rotatable bonds is 15. The van der Waals surface area contributed by atoms with E-state index >= 15 is 0 Å². The van der Waals surface area contributed by atoms with Gasteiger partial charge in [0, 0.05) is 32.8 Å². The second-order valence-corrected chi connectivity index (χ2v) is 10.7. The number of carbonyl (C=O) groups is 2. The molecule has 0 atom stereocenters. The van der Waals surface area contributed by atoms with E-state index in [1.165, 1.54) is 22.2 Å². The van der Waals surface area contributed by atoms with Gasteiger partial charge in [0.1, 0.15) is 12.3 Å². The Labute approximate surface area is 254 Å². The number of aryl methyl sites for hydroxylation is 1. The van der Waals surface area contributed by atoms with Gasteiger partial charge >= 0.3 is 5.97 Å². The highest BCUT2D eigenvalue weighted by molar-refractivity contribution is 5.96. The van der Waals surface area contributed by atoms with E-state index in [0.717, 1.165) is 42.6 Å². The highest BCUT2D eigenvalue weighted by Crippen LogP contribution is 2.21. The molecule has 0 bridgehead atoms. The fourth-order valence-electron chi connectivity index (χ4n) is 4.83. The van der Waals surface area contributed by atoms with Crippen molar-refractivity contribution in [1.29, 1.82) is 0 Å². The van der Waals surface area contributed by atoms with Gasteiger partial charge in [-0.15, -0.1) is 0 Å². The van der Waals surface area contributed by atoms with Crippen molar-refractivity contribution in [1.82, 2.24) is 14.9 Å². The molecule has 43 heavy (non-hydrogen) atoms. The zero-order valence-corrected chi connectivity index (χ0v) is 25.2. The monoisotopic (exact) mass is 580 g/mol. The summed E-state index contributed by atoms with van der Waals surface area (Å²) in [5.74, 6) is -0.261. The van der Waals surface area contributed by atoms with Crippen molar-refractivity contribution < 1.29 is 19.4 Å². The number of aliphatic carboxylic acids is 1. The van der Waals surface area contributed by atoms with E-state index in [4.69, 9.17) is 9.72 Å². The fourth-order valence-corrected chi connectivity index (χ4v) is 4.83. The van der Waals surface area contributed by atoms with Crippen LogP contribution in [-0.2, 0) is 30.6 Å². The number of amides is 1. The third-order valence-corrected chi connectivity index (χ3v) is 7.36. The number of carboxylic acids is 1. The van der Waals surface area contributed by atoms with Gasteiger partial charge in [0.25, 0.3) is 5.91 Å². The van der Waals surface area contributed by atoms with Gasteiger partial charge in [-0.1, -0.05) is 80.1 Å². The summed E-state index contributed by atoms with van der Waals surface area (Å²) < 4.78 is 5.30. The highest BCUT2D eigenvalue weighted by Gasteiger charge is 2.24. The maximum absolute atomic E-state index is 13.9. The van der Waals surface area contributed by atoms with Crippen LogP contribution >= 0.6 is 0 Å². The van der Waals surface area contributed by atoms with Crippen molar-refractivity contribution in [2.45, 2.75) is 45.6 Å². The van der Waals surface area contributed by atoms with Gasteiger partial charge in [-0.2, -0.15) is 0 Å². The molecule has 0 aliphatic heterocycles. The second kappa shape index (κ2) is 15.5. The molecule has 1 aromatic heterocycles. The predicted octanol–water partition coefficient (Wildman–Crippen LogP) is 5.82. The molecule has 0 unspecified atom stereocenters. The first kappa shape index (κ1) is 31.2. The Bertz CT molecular complexity index is 1470. The van der Waals surface area contributed by atoms with Crippen molar-refractivity contribution in [3.05, 3.63) is 119 Å². The normalized spacial score (nSPS) is 10.8. The van der Waals surface area contributed by atoms with Crippen molar-refractivity contribution in [2.75, 3.05) is 32.1 Å². The summed E-state index contributed by atoms with van der Waals surface area (Å²) in [6, 6.07) is 25.8. The van der Waals surface area contributed by atoms with Crippen LogP contribution < -0.4 is 9.64 Å². The molecule has 8 nitrogen and oxygen atoms in total. The molecular formula is C35H40N4O4. The Morgan fingerprint density at radius 3 is 2.16 bits per heavy atom. The Morgan fingerprint density at radius 2 is 1.51 bits per heavy atom. The first-order valence-electron chi connectivity index (χ1n) is 14.7. The smallest absolute Gasteiger partial charge is 0.323 e. The number of hydrogen-bond donors (Lipinski definition) is 1. The molecule has 0 saturated carbocycles. The molecule has 1 amide bonds. The van der Waals surface area contributed by atoms with Gasteiger partial charge in [0.05, 0.1) is 18.4 Å². The van der Waals surface area contributed by atoms with Gasteiger partial charge in [-0.3, -0.25) is 9.59 Å². The summed E-state index contributed by atoms with van der Waals surface area (Å²) in [4.78, 5) is 38.5. The number of methoxy groups -OCH3 is 1. The van der Waals surface area contributed by atoms with Crippen molar-refractivity contribution in [3.8, 4) is 5.75 Å². The van der Waals surface area contributed by atoms with Gasteiger partial charge < -0.3 is 19.6 Å². The fraction of sp³-hybridized carbons (Fsp3) is 0.314. The van der Waals surface area contributed by atoms with Crippen LogP contribution in [0.2, 0.25) is 0 Å². The number of anilines is 1. The van der Waals surface area contributed by atoms with E-state index < -0.39 is 18.4 Å². The van der Waals surface area contributed by atoms with E-state index in [-0.39, 0.29) is 12.1 Å². The van der Waals surface area contributed by atoms with Gasteiger partial charge in [0.2, 0.25) is 5.95 Å². The first-order chi connectivity index (χ1) is 20.9. The van der Waals surface area contributed by atoms with Crippen LogP contribution in [-0.4, -0.2) is 59.1 Å². The summed E-state index contributed by atoms with van der Waals surface area (Å²) in [6.07, 6.45) is 5.94. The third kappa shape index (κ3) is 9.13. The van der Waals surface area contributed by atoms with E-state index in [9.17, 15) is 14.7 Å². The van der Waals surface area contributed by atoms with E-state index in [1.54, 1.807) is 7.11 Å². The number of aromatic nitrogens is 2. The third-order valence-electron chi connectivity index (χ3n) is 7.36. The summed E-state index contributed by atoms with van der Waals surface area (Å²) >= 11 is 0. The average molecular weight is 581 g/mol. The molecule has 1 N–H and O–H groups in total. The first-order valence-corrected chi connectivity index (χ1v) is 14.7. The van der Waals surface area contributed by atoms with Crippen molar-refractivity contribution >= 4 is 17.8 Å². The van der Waals surface area contributed by atoms with Crippen molar-refractivity contribution in [2.24, 2.45) is 0 Å². The number of likely N-dealkylation sites (N-methyl/N-ethyl adjacent to an activating group) is 1. The lowest BCUT2D eigenvalue weighted by atomic mass is 10.0. The van der Waals surface area contributed by atoms with Gasteiger partial charge in [0.15, 0.2) is 0 Å². The number of nitrogens with zero attached hydrogens (tertiary/aromatic N) is 4. The number of hydrogen-bond acceptors (Lipinski definition) is 6. The number of benzene rings is 3. The van der Waals surface area contributed by atoms with Crippen molar-refractivity contribution in [3.63, 3.8) is 0 Å². The molecule has 0 aliphatic rings. The van der Waals surface area contributed by atoms with Gasteiger partial charge in [-0.05, 0) is 53.6 Å². The van der Waals surface area contributed by atoms with E-state index in [1.807, 2.05) is 78.7 Å². The SMILES string of the molecule is CCCCc1ccc(CN(CC(=O)O)C(=O)c2cnc(N(C)CCc3ccccc3)nc2Cc2ccc(OC)cc2)cc1. The summed E-state index contributed by atoms with van der Waals surface area (Å²) in [5, 5.41) is 9.68. The molecule has 0 fully saturated rings. The molecule has 224 valence electrons. The quantitative estimate of drug-likeness (QED) is 0.189. The summed E-state index contributed by atoms with van der Waals surface area (Å²) in [7, 11) is 3.54. The lowest BCUT2D eigenvalue weighted by molar-refractivity contribution is -0.137. The second-order valence-electron chi connectivity index (χ2n) is 10.7. The summed E-state index contributed by atoms with van der Waals surface area (Å²) in [6.45, 7) is 2.58. The number of carboxylic acid groups (broad SMARTS) is 1. The number of ether oxygens (including phenoxy) is 1. The standard InChI is InChI=1S/C35H40N4O4/c1-4-5-9-27-12-14-29(15-13-27)24-39(25-33(40)41)34(42)31-23-36-35(38(2)21-20-26-10-7-6-8-11-26)37-32(31)22-28-16-18-30(43-3)19-17-28/h6-8,10-19,23H,4-5,9,20-22,24-25H2,1-3H3,(H,40,41). The van der Waals surface area contributed by atoms with Crippen LogP contribution in [0.1, 0.15) is 58.1 Å².